The van der Waals surface area contributed by atoms with E-state index in [4.69, 9.17) is 0 Å². The van der Waals surface area contributed by atoms with Crippen molar-refractivity contribution >= 4 is 51.2 Å². The number of hydrogen-bond acceptors (Lipinski definition) is 12. The maximum Gasteiger partial charge on any atom is 0.332 e. The third kappa shape index (κ3) is 14.6. The summed E-state index contributed by atoms with van der Waals surface area (Å²) in [5.74, 6) is -2.65. The third-order valence-corrected chi connectivity index (χ3v) is 8.95. The summed E-state index contributed by atoms with van der Waals surface area (Å²) in [5, 5.41) is 26.8. The minimum absolute atomic E-state index is 0.00618. The van der Waals surface area contributed by atoms with E-state index < -0.39 is 35.9 Å². The largest absolute Gasteiger partial charge is 0.479 e. The second-order valence-electron chi connectivity index (χ2n) is 11.0. The zero-order valence-electron chi connectivity index (χ0n) is 27.8. The van der Waals surface area contributed by atoms with Gasteiger partial charge in [-0.3, -0.25) is 19.2 Å². The average molecular weight is 735 g/mol. The first kappa shape index (κ1) is 40.0. The molecule has 0 aliphatic rings. The molecule has 3 heterocycles. The van der Waals surface area contributed by atoms with Gasteiger partial charge in [-0.2, -0.15) is 0 Å². The van der Waals surface area contributed by atoms with Crippen LogP contribution in [0.1, 0.15) is 73.7 Å². The predicted molar refractivity (Wildman–Crippen MR) is 188 cm³/mol. The Morgan fingerprint density at radius 3 is 1.78 bits per heavy atom. The Bertz CT molecular complexity index is 1430. The molecule has 3 aromatic rings. The number of unbranched alkanes of at least 4 members (excludes halogenated alkanes) is 4. The van der Waals surface area contributed by atoms with Gasteiger partial charge in [0.2, 0.25) is 23.6 Å². The monoisotopic (exact) mass is 734 g/mol. The van der Waals surface area contributed by atoms with Crippen LogP contribution in [0.2, 0.25) is 0 Å². The Balaban J connectivity index is 1.34. The van der Waals surface area contributed by atoms with Gasteiger partial charge in [-0.05, 0) is 51.6 Å². The molecule has 3 atom stereocenters. The predicted octanol–water partition coefficient (Wildman–Crippen LogP) is 0.460. The molecule has 4 amide bonds. The van der Waals surface area contributed by atoms with Crippen LogP contribution in [0.15, 0.2) is 37.6 Å². The maximum atomic E-state index is 13.5. The zero-order chi connectivity index (χ0) is 36.0. The molecule has 0 aliphatic carbocycles. The first-order valence-electron chi connectivity index (χ1n) is 16.2. The van der Waals surface area contributed by atoms with Crippen molar-refractivity contribution in [2.75, 3.05) is 44.7 Å². The molecule has 0 fully saturated rings. The highest BCUT2D eigenvalue weighted by atomic mass is 33.1. The molecule has 0 radical (unpaired) electrons. The normalized spacial score (nSPS) is 12.8. The van der Waals surface area contributed by atoms with Crippen LogP contribution < -0.4 is 31.9 Å². The van der Waals surface area contributed by atoms with Crippen molar-refractivity contribution in [1.29, 1.82) is 0 Å². The molecule has 3 rings (SSSR count). The number of nitrogens with zero attached hydrogens (tertiary/aromatic N) is 3. The summed E-state index contributed by atoms with van der Waals surface area (Å²) in [5.41, 5.74) is 0.727. The molecule has 0 aliphatic heterocycles. The Labute approximate surface area is 297 Å². The molecular weight excluding hydrogens is 689 g/mol. The highest BCUT2D eigenvalue weighted by molar-refractivity contribution is 8.76. The van der Waals surface area contributed by atoms with Crippen LogP contribution in [0.4, 0.5) is 0 Å². The summed E-state index contributed by atoms with van der Waals surface area (Å²) < 4.78 is 0. The van der Waals surface area contributed by atoms with Crippen LogP contribution in [0, 0.1) is 0 Å². The van der Waals surface area contributed by atoms with Crippen molar-refractivity contribution in [3.63, 3.8) is 0 Å². The topological polar surface area (TPSA) is 264 Å². The van der Waals surface area contributed by atoms with E-state index in [9.17, 15) is 29.1 Å². The van der Waals surface area contributed by atoms with Gasteiger partial charge < -0.3 is 52.0 Å². The van der Waals surface area contributed by atoms with E-state index in [1.165, 1.54) is 53.0 Å². The summed E-state index contributed by atoms with van der Waals surface area (Å²) in [6.45, 7) is 2.79. The lowest BCUT2D eigenvalue weighted by molar-refractivity contribution is -0.142. The summed E-state index contributed by atoms with van der Waals surface area (Å²) in [7, 11) is 2.94. The van der Waals surface area contributed by atoms with E-state index in [0.29, 0.717) is 24.5 Å². The first-order valence-corrected chi connectivity index (χ1v) is 19.0. The quantitative estimate of drug-likeness (QED) is 0.0398. The van der Waals surface area contributed by atoms with Gasteiger partial charge in [0, 0.05) is 25.1 Å². The molecule has 0 aromatic carbocycles. The molecule has 0 bridgehead atoms. The summed E-state index contributed by atoms with van der Waals surface area (Å²) in [6, 6.07) is -3.62. The van der Waals surface area contributed by atoms with Crippen molar-refractivity contribution < 1.29 is 29.1 Å². The highest BCUT2D eigenvalue weighted by Crippen LogP contribution is 2.18. The number of rotatable bonds is 26. The number of hydrogen-bond donors (Lipinski definition) is 10. The molecule has 0 saturated heterocycles. The second-order valence-corrected chi connectivity index (χ2v) is 13.6. The van der Waals surface area contributed by atoms with E-state index >= 15 is 0 Å². The second kappa shape index (κ2) is 23.1. The van der Waals surface area contributed by atoms with Gasteiger partial charge in [-0.25, -0.2) is 19.7 Å². The number of imidazole rings is 3. The lowest BCUT2D eigenvalue weighted by atomic mass is 10.1. The number of carbonyl (C=O) groups is 5. The Kier molecular flexibility index (Phi) is 18.5. The molecular formula is C30H46N12O6S2. The smallest absolute Gasteiger partial charge is 0.332 e. The Hall–Kier alpha value is -4.40. The van der Waals surface area contributed by atoms with Crippen molar-refractivity contribution in [3.8, 4) is 0 Å². The zero-order valence-corrected chi connectivity index (χ0v) is 29.5. The molecule has 20 heteroatoms. The van der Waals surface area contributed by atoms with E-state index in [2.05, 4.69) is 61.8 Å². The fourth-order valence-corrected chi connectivity index (χ4v) is 5.72. The van der Waals surface area contributed by atoms with Gasteiger partial charge in [0.1, 0.15) is 6.04 Å². The number of carbonyl (C=O) groups excluding carboxylic acids is 4. The minimum Gasteiger partial charge on any atom is -0.479 e. The summed E-state index contributed by atoms with van der Waals surface area (Å²) in [6.07, 6.45) is 15.9. The van der Waals surface area contributed by atoms with Crippen LogP contribution >= 0.6 is 21.6 Å². The van der Waals surface area contributed by atoms with Crippen LogP contribution in [0.5, 0.6) is 0 Å². The minimum atomic E-state index is -1.44. The lowest BCUT2D eigenvalue weighted by Gasteiger charge is -2.22. The molecule has 18 nitrogen and oxygen atoms in total. The van der Waals surface area contributed by atoms with Crippen LogP contribution in [-0.2, 0) is 24.0 Å². The molecule has 0 spiro atoms. The third-order valence-electron chi connectivity index (χ3n) is 7.28. The first-order chi connectivity index (χ1) is 24.3. The lowest BCUT2D eigenvalue weighted by Crippen LogP contribution is -2.47. The SMILES string of the molecule is CSSCC(=O)NCC(=O)NCCCCNCCCCCCNC(C(=O)NC(C(=O)NC(C(=O)O)c1c[nH]cn1)c1c[nH]cn1)c1c[nH]cn1. The molecule has 3 aromatic heterocycles. The van der Waals surface area contributed by atoms with Crippen molar-refractivity contribution in [1.82, 2.24) is 61.8 Å². The van der Waals surface area contributed by atoms with Gasteiger partial charge in [0.15, 0.2) is 12.1 Å². The van der Waals surface area contributed by atoms with Gasteiger partial charge in [-0.1, -0.05) is 34.4 Å². The molecule has 50 heavy (non-hydrogen) atoms. The maximum absolute atomic E-state index is 13.5. The fourth-order valence-electron chi connectivity index (χ4n) is 4.72. The number of nitrogens with one attached hydrogen (secondary N) is 9. The number of aliphatic carboxylic acids is 1. The number of carboxylic acids is 1. The Morgan fingerprint density at radius 1 is 0.680 bits per heavy atom. The van der Waals surface area contributed by atoms with E-state index in [1.54, 1.807) is 6.20 Å². The van der Waals surface area contributed by atoms with Gasteiger partial charge in [0.05, 0.1) is 48.4 Å². The number of H-pyrrole nitrogens is 3. The van der Waals surface area contributed by atoms with Crippen LogP contribution in [0.25, 0.3) is 0 Å². The molecule has 10 N–H and O–H groups in total. The number of amides is 4. The Morgan fingerprint density at radius 2 is 1.20 bits per heavy atom. The van der Waals surface area contributed by atoms with Gasteiger partial charge in [0.25, 0.3) is 0 Å². The standard InChI is InChI=1S/C30H46N12O6S2/c1-49-50-16-24(44)37-15-23(43)35-10-7-6-9-31-8-4-2-3-5-11-36-25(20-12-32-17-38-20)28(45)41-26(21-13-33-18-39-21)29(46)42-27(30(47)48)22-14-34-19-40-22/h12-14,17-19,25-27,31,36H,2-11,15-16H2,1H3,(H,32,38)(H,33,39)(H,34,40)(H,35,43)(H,37,44)(H,41,45)(H,42,46)(H,47,48). The molecule has 3 unspecified atom stereocenters. The van der Waals surface area contributed by atoms with E-state index in [0.717, 1.165) is 51.6 Å². The van der Waals surface area contributed by atoms with Gasteiger partial charge >= 0.3 is 5.97 Å². The number of aromatic amines is 3. The summed E-state index contributed by atoms with van der Waals surface area (Å²) >= 11 is 0. The average Bonchev–Trinajstić information content (AvgIpc) is 3.92. The van der Waals surface area contributed by atoms with E-state index in [1.807, 2.05) is 6.26 Å². The van der Waals surface area contributed by atoms with Crippen LogP contribution in [-0.4, -0.2) is 109 Å². The molecule has 274 valence electrons. The van der Waals surface area contributed by atoms with Crippen molar-refractivity contribution in [2.24, 2.45) is 0 Å². The van der Waals surface area contributed by atoms with Gasteiger partial charge in [-0.15, -0.1) is 0 Å². The van der Waals surface area contributed by atoms with Crippen molar-refractivity contribution in [2.45, 2.75) is 56.7 Å². The van der Waals surface area contributed by atoms with Crippen molar-refractivity contribution in [3.05, 3.63) is 54.7 Å². The number of carboxylic acid groups (broad SMARTS) is 1. The van der Waals surface area contributed by atoms with E-state index in [-0.39, 0.29) is 29.7 Å². The molecule has 0 saturated carbocycles. The van der Waals surface area contributed by atoms with Crippen LogP contribution in [0.3, 0.4) is 0 Å². The summed E-state index contributed by atoms with van der Waals surface area (Å²) in [4.78, 5) is 82.6. The highest BCUT2D eigenvalue weighted by Gasteiger charge is 2.33. The number of aromatic nitrogens is 6. The fraction of sp³-hybridized carbons (Fsp3) is 0.533.